The third kappa shape index (κ3) is 2.90. The monoisotopic (exact) mass is 246 g/mol. The number of nitrogens with two attached hydrogens (primary N) is 1. The number of rotatable bonds is 3. The van der Waals surface area contributed by atoms with Crippen molar-refractivity contribution in [2.75, 3.05) is 19.0 Å². The van der Waals surface area contributed by atoms with Gasteiger partial charge in [-0.3, -0.25) is 4.79 Å². The molecule has 1 aromatic rings. The molecule has 0 spiro atoms. The number of hydrogen-bond donors (Lipinski definition) is 2. The van der Waals surface area contributed by atoms with Crippen LogP contribution in [-0.2, 0) is 9.53 Å². The number of methoxy groups -OCH3 is 1. The summed E-state index contributed by atoms with van der Waals surface area (Å²) in [4.78, 5) is 11.4. The highest BCUT2D eigenvalue weighted by atomic mass is 16.5. The number of fused-ring (bicyclic) bond motifs is 1. The van der Waals surface area contributed by atoms with Gasteiger partial charge in [-0.25, -0.2) is 0 Å². The average molecular weight is 246 g/mol. The fourth-order valence-electron chi connectivity index (χ4n) is 2.17. The molecule has 1 aromatic carbocycles. The normalized spacial score (nSPS) is 18.1. The molecule has 0 aromatic heterocycles. The van der Waals surface area contributed by atoms with E-state index >= 15 is 0 Å². The molecule has 0 saturated heterocycles. The number of anilines is 1. The summed E-state index contributed by atoms with van der Waals surface area (Å²) in [5.41, 5.74) is 9.04. The van der Waals surface area contributed by atoms with Crippen LogP contribution in [-0.4, -0.2) is 25.7 Å². The molecule has 2 rings (SSSR count). The summed E-state index contributed by atoms with van der Waals surface area (Å²) in [7, 11) is 1.41. The van der Waals surface area contributed by atoms with Crippen LogP contribution in [0, 0.1) is 0 Å². The Labute approximate surface area is 107 Å². The lowest BCUT2D eigenvalue weighted by molar-refractivity contribution is -0.140. The van der Waals surface area contributed by atoms with E-state index in [1.807, 2.05) is 24.3 Å². The van der Waals surface area contributed by atoms with Crippen molar-refractivity contribution in [3.63, 3.8) is 0 Å². The molecule has 1 atom stereocenters. The van der Waals surface area contributed by atoms with Gasteiger partial charge in [0.1, 0.15) is 0 Å². The Bertz CT molecular complexity index is 469. The molecule has 0 radical (unpaired) electrons. The largest absolute Gasteiger partial charge is 0.469 e. The predicted octanol–water partition coefficient (Wildman–Crippen LogP) is 1.78. The lowest BCUT2D eigenvalue weighted by Crippen LogP contribution is -2.25. The predicted molar refractivity (Wildman–Crippen MR) is 72.1 cm³/mol. The van der Waals surface area contributed by atoms with E-state index in [-0.39, 0.29) is 12.0 Å². The Morgan fingerprint density at radius 1 is 1.50 bits per heavy atom. The molecule has 4 nitrogen and oxygen atoms in total. The first kappa shape index (κ1) is 12.6. The van der Waals surface area contributed by atoms with Gasteiger partial charge in [0, 0.05) is 18.3 Å². The van der Waals surface area contributed by atoms with Crippen molar-refractivity contribution in [2.45, 2.75) is 18.9 Å². The van der Waals surface area contributed by atoms with Crippen LogP contribution in [0.1, 0.15) is 18.4 Å². The minimum absolute atomic E-state index is 0.0379. The number of hydrogen-bond acceptors (Lipinski definition) is 4. The molecule has 0 fully saturated rings. The van der Waals surface area contributed by atoms with Crippen LogP contribution in [0.2, 0.25) is 0 Å². The van der Waals surface area contributed by atoms with Crippen molar-refractivity contribution in [2.24, 2.45) is 5.73 Å². The first-order valence-corrected chi connectivity index (χ1v) is 6.05. The average Bonchev–Trinajstić information content (AvgIpc) is 2.56. The van der Waals surface area contributed by atoms with Gasteiger partial charge < -0.3 is 15.8 Å². The maximum atomic E-state index is 11.4. The van der Waals surface area contributed by atoms with Gasteiger partial charge in [-0.05, 0) is 18.1 Å². The Balaban J connectivity index is 2.24. The van der Waals surface area contributed by atoms with Crippen LogP contribution in [0.3, 0.4) is 0 Å². The first-order valence-electron chi connectivity index (χ1n) is 6.05. The molecule has 1 unspecified atom stereocenters. The molecule has 4 heteroatoms. The van der Waals surface area contributed by atoms with Gasteiger partial charge in [0.15, 0.2) is 0 Å². The SMILES string of the molecule is COC(=O)CC1CC(CN)=Cc2ccccc2N1. The van der Waals surface area contributed by atoms with E-state index in [0.717, 1.165) is 23.2 Å². The summed E-state index contributed by atoms with van der Waals surface area (Å²) < 4.78 is 4.72. The maximum absolute atomic E-state index is 11.4. The number of esters is 1. The van der Waals surface area contributed by atoms with Crippen LogP contribution < -0.4 is 11.1 Å². The van der Waals surface area contributed by atoms with Crippen LogP contribution in [0.4, 0.5) is 5.69 Å². The van der Waals surface area contributed by atoms with Crippen LogP contribution in [0.25, 0.3) is 6.08 Å². The highest BCUT2D eigenvalue weighted by molar-refractivity contribution is 5.74. The number of ether oxygens (including phenoxy) is 1. The minimum atomic E-state index is -0.205. The highest BCUT2D eigenvalue weighted by Crippen LogP contribution is 2.26. The fraction of sp³-hybridized carbons (Fsp3) is 0.357. The lowest BCUT2D eigenvalue weighted by atomic mass is 10.0. The van der Waals surface area contributed by atoms with E-state index in [2.05, 4.69) is 11.4 Å². The van der Waals surface area contributed by atoms with E-state index in [9.17, 15) is 4.79 Å². The Morgan fingerprint density at radius 2 is 2.28 bits per heavy atom. The Hall–Kier alpha value is -1.81. The molecule has 1 aliphatic heterocycles. The minimum Gasteiger partial charge on any atom is -0.469 e. The van der Waals surface area contributed by atoms with Crippen molar-refractivity contribution in [3.05, 3.63) is 35.4 Å². The summed E-state index contributed by atoms with van der Waals surface area (Å²) in [6.07, 6.45) is 3.21. The van der Waals surface area contributed by atoms with Gasteiger partial charge in [0.05, 0.1) is 13.5 Å². The Kier molecular flexibility index (Phi) is 3.99. The quantitative estimate of drug-likeness (QED) is 0.798. The number of nitrogens with one attached hydrogen (secondary N) is 1. The lowest BCUT2D eigenvalue weighted by Gasteiger charge is -2.18. The second kappa shape index (κ2) is 5.69. The molecule has 3 N–H and O–H groups in total. The molecule has 0 aliphatic carbocycles. The first-order chi connectivity index (χ1) is 8.72. The number of benzene rings is 1. The summed E-state index contributed by atoms with van der Waals surface area (Å²) in [5.74, 6) is -0.205. The maximum Gasteiger partial charge on any atom is 0.307 e. The van der Waals surface area contributed by atoms with Crippen molar-refractivity contribution in [3.8, 4) is 0 Å². The zero-order valence-electron chi connectivity index (χ0n) is 10.5. The van der Waals surface area contributed by atoms with E-state index in [0.29, 0.717) is 13.0 Å². The van der Waals surface area contributed by atoms with E-state index in [4.69, 9.17) is 10.5 Å². The third-order valence-corrected chi connectivity index (χ3v) is 3.09. The van der Waals surface area contributed by atoms with Crippen molar-refractivity contribution in [1.29, 1.82) is 0 Å². The fourth-order valence-corrected chi connectivity index (χ4v) is 2.17. The Morgan fingerprint density at radius 3 is 3.00 bits per heavy atom. The van der Waals surface area contributed by atoms with Crippen LogP contribution in [0.15, 0.2) is 29.8 Å². The van der Waals surface area contributed by atoms with Gasteiger partial charge in [-0.2, -0.15) is 0 Å². The molecular weight excluding hydrogens is 228 g/mol. The highest BCUT2D eigenvalue weighted by Gasteiger charge is 2.19. The topological polar surface area (TPSA) is 64.3 Å². The van der Waals surface area contributed by atoms with Gasteiger partial charge in [-0.15, -0.1) is 0 Å². The molecular formula is C14H18N2O2. The second-order valence-electron chi connectivity index (χ2n) is 4.42. The smallest absolute Gasteiger partial charge is 0.307 e. The molecule has 0 bridgehead atoms. The van der Waals surface area contributed by atoms with E-state index in [1.54, 1.807) is 0 Å². The van der Waals surface area contributed by atoms with E-state index in [1.165, 1.54) is 7.11 Å². The summed E-state index contributed by atoms with van der Waals surface area (Å²) in [6.45, 7) is 0.508. The van der Waals surface area contributed by atoms with Crippen LogP contribution in [0.5, 0.6) is 0 Å². The molecule has 0 saturated carbocycles. The molecule has 1 heterocycles. The number of para-hydroxylation sites is 1. The van der Waals surface area contributed by atoms with Gasteiger partial charge in [-0.1, -0.05) is 29.8 Å². The standard InChI is InChI=1S/C14H18N2O2/c1-18-14(17)8-12-7-10(9-15)6-11-4-2-3-5-13(11)16-12/h2-6,12,16H,7-9,15H2,1H3. The second-order valence-corrected chi connectivity index (χ2v) is 4.42. The zero-order chi connectivity index (χ0) is 13.0. The van der Waals surface area contributed by atoms with Crippen molar-refractivity contribution >= 4 is 17.7 Å². The third-order valence-electron chi connectivity index (χ3n) is 3.09. The molecule has 18 heavy (non-hydrogen) atoms. The molecule has 1 aliphatic rings. The summed E-state index contributed by atoms with van der Waals surface area (Å²) in [6, 6.07) is 8.05. The van der Waals surface area contributed by atoms with Crippen molar-refractivity contribution < 1.29 is 9.53 Å². The van der Waals surface area contributed by atoms with Gasteiger partial charge in [0.25, 0.3) is 0 Å². The zero-order valence-corrected chi connectivity index (χ0v) is 10.5. The van der Waals surface area contributed by atoms with Crippen molar-refractivity contribution in [1.82, 2.24) is 0 Å². The number of carbonyl (C=O) groups is 1. The van der Waals surface area contributed by atoms with Gasteiger partial charge >= 0.3 is 5.97 Å². The van der Waals surface area contributed by atoms with Crippen LogP contribution >= 0.6 is 0 Å². The molecule has 0 amide bonds. The van der Waals surface area contributed by atoms with Gasteiger partial charge in [0.2, 0.25) is 0 Å². The number of carbonyl (C=O) groups excluding carboxylic acids is 1. The summed E-state index contributed by atoms with van der Waals surface area (Å²) in [5, 5.41) is 3.38. The molecule has 96 valence electrons. The van der Waals surface area contributed by atoms with E-state index < -0.39 is 0 Å². The summed E-state index contributed by atoms with van der Waals surface area (Å²) >= 11 is 0.